The van der Waals surface area contributed by atoms with Gasteiger partial charge in [-0.05, 0) is 30.3 Å². The van der Waals surface area contributed by atoms with E-state index in [-0.39, 0.29) is 23.3 Å². The summed E-state index contributed by atoms with van der Waals surface area (Å²) in [6.07, 6.45) is 0. The minimum atomic E-state index is -3.46. The summed E-state index contributed by atoms with van der Waals surface area (Å²) >= 11 is 1.15. The molecule has 1 aromatic heterocycles. The Morgan fingerprint density at radius 1 is 1.00 bits per heavy atom. The zero-order valence-corrected chi connectivity index (χ0v) is 17.8. The van der Waals surface area contributed by atoms with Crippen LogP contribution in [0.15, 0.2) is 70.9 Å². The number of para-hydroxylation sites is 1. The topological polar surface area (TPSA) is 75.7 Å². The van der Waals surface area contributed by atoms with Crippen LogP contribution in [0.4, 0.5) is 0 Å². The van der Waals surface area contributed by atoms with Crippen LogP contribution in [0, 0.1) is 0 Å². The number of rotatable bonds is 8. The molecule has 6 nitrogen and oxygen atoms in total. The van der Waals surface area contributed by atoms with Gasteiger partial charge in [-0.2, -0.15) is 0 Å². The van der Waals surface area contributed by atoms with Gasteiger partial charge in [0.2, 0.25) is 0 Å². The van der Waals surface area contributed by atoms with Crippen LogP contribution in [0.25, 0.3) is 0 Å². The molecule has 0 spiro atoms. The second-order valence-corrected chi connectivity index (χ2v) is 10.00. The van der Waals surface area contributed by atoms with Crippen molar-refractivity contribution in [3.8, 4) is 5.75 Å². The number of nitrogens with zero attached hydrogens (tertiary/aromatic N) is 1. The first kappa shape index (κ1) is 21.0. The number of amides is 1. The first-order valence-corrected chi connectivity index (χ1v) is 11.2. The smallest absolute Gasteiger partial charge is 0.252 e. The third-order valence-electron chi connectivity index (χ3n) is 4.19. The highest BCUT2D eigenvalue weighted by atomic mass is 32.2. The van der Waals surface area contributed by atoms with Crippen molar-refractivity contribution >= 4 is 27.3 Å². The molecule has 152 valence electrons. The number of ether oxygens (including phenoxy) is 1. The summed E-state index contributed by atoms with van der Waals surface area (Å²) in [6, 6.07) is 19.9. The molecule has 0 unspecified atom stereocenters. The Balaban J connectivity index is 1.65. The molecule has 0 saturated heterocycles. The number of benzene rings is 2. The summed E-state index contributed by atoms with van der Waals surface area (Å²) in [5.74, 6) is 0.499. The van der Waals surface area contributed by atoms with E-state index in [1.54, 1.807) is 24.3 Å². The molecule has 2 aromatic carbocycles. The van der Waals surface area contributed by atoms with Gasteiger partial charge in [-0.15, -0.1) is 11.3 Å². The molecule has 8 heteroatoms. The Hall–Kier alpha value is -2.68. The fourth-order valence-electron chi connectivity index (χ4n) is 2.58. The highest BCUT2D eigenvalue weighted by molar-refractivity contribution is 7.91. The van der Waals surface area contributed by atoms with Gasteiger partial charge in [-0.25, -0.2) is 12.7 Å². The van der Waals surface area contributed by atoms with Gasteiger partial charge in [0.05, 0.1) is 6.54 Å². The Morgan fingerprint density at radius 2 is 1.69 bits per heavy atom. The van der Waals surface area contributed by atoms with E-state index < -0.39 is 10.0 Å². The van der Waals surface area contributed by atoms with Gasteiger partial charge in [0.25, 0.3) is 15.9 Å². The van der Waals surface area contributed by atoms with Crippen LogP contribution < -0.4 is 10.1 Å². The maximum absolute atomic E-state index is 12.7. The molecule has 0 aliphatic heterocycles. The monoisotopic (exact) mass is 430 g/mol. The molecule has 0 radical (unpaired) electrons. The lowest BCUT2D eigenvalue weighted by Crippen LogP contribution is -2.24. The van der Waals surface area contributed by atoms with Crippen LogP contribution >= 0.6 is 11.3 Å². The van der Waals surface area contributed by atoms with E-state index in [1.807, 2.05) is 42.5 Å². The van der Waals surface area contributed by atoms with Crippen molar-refractivity contribution in [2.24, 2.45) is 0 Å². The molecule has 0 aliphatic rings. The number of hydrogen-bond donors (Lipinski definition) is 1. The lowest BCUT2D eigenvalue weighted by Gasteiger charge is -2.11. The largest absolute Gasteiger partial charge is 0.489 e. The number of nitrogens with one attached hydrogen (secondary N) is 1. The fraction of sp³-hybridized carbons (Fsp3) is 0.190. The number of carbonyl (C=O) groups excluding carboxylic acids is 1. The van der Waals surface area contributed by atoms with Crippen LogP contribution in [0.1, 0.15) is 20.8 Å². The molecule has 1 heterocycles. The number of sulfonamides is 1. The Bertz CT molecular complexity index is 1080. The van der Waals surface area contributed by atoms with Crippen molar-refractivity contribution in [2.75, 3.05) is 14.1 Å². The van der Waals surface area contributed by atoms with Gasteiger partial charge < -0.3 is 10.1 Å². The van der Waals surface area contributed by atoms with Crippen LogP contribution in [-0.2, 0) is 23.2 Å². The number of hydrogen-bond acceptors (Lipinski definition) is 5. The van der Waals surface area contributed by atoms with Crippen molar-refractivity contribution in [3.63, 3.8) is 0 Å². The summed E-state index contributed by atoms with van der Waals surface area (Å²) < 4.78 is 31.5. The lowest BCUT2D eigenvalue weighted by molar-refractivity contribution is 0.0948. The van der Waals surface area contributed by atoms with Gasteiger partial charge in [0.1, 0.15) is 16.6 Å². The second-order valence-electron chi connectivity index (χ2n) is 6.45. The summed E-state index contributed by atoms with van der Waals surface area (Å²) in [6.45, 7) is 0.526. The minimum absolute atomic E-state index is 0.234. The normalized spacial score (nSPS) is 11.4. The first-order chi connectivity index (χ1) is 13.9. The highest BCUT2D eigenvalue weighted by Gasteiger charge is 2.20. The third-order valence-corrected chi connectivity index (χ3v) is 7.56. The summed E-state index contributed by atoms with van der Waals surface area (Å²) in [5.41, 5.74) is 1.30. The molecular formula is C21H22N2O4S2. The maximum atomic E-state index is 12.7. The van der Waals surface area contributed by atoms with Crippen LogP contribution in [0.2, 0.25) is 0 Å². The zero-order valence-electron chi connectivity index (χ0n) is 16.2. The van der Waals surface area contributed by atoms with Gasteiger partial charge in [-0.3, -0.25) is 4.79 Å². The first-order valence-electron chi connectivity index (χ1n) is 8.93. The van der Waals surface area contributed by atoms with Gasteiger partial charge in [-0.1, -0.05) is 36.4 Å². The maximum Gasteiger partial charge on any atom is 0.252 e. The molecule has 3 aromatic rings. The van der Waals surface area contributed by atoms with E-state index in [2.05, 4.69) is 5.32 Å². The van der Waals surface area contributed by atoms with Crippen LogP contribution in [-0.4, -0.2) is 32.7 Å². The minimum Gasteiger partial charge on any atom is -0.489 e. The van der Waals surface area contributed by atoms with Gasteiger partial charge >= 0.3 is 0 Å². The lowest BCUT2D eigenvalue weighted by atomic mass is 10.1. The molecule has 0 aliphatic carbocycles. The highest BCUT2D eigenvalue weighted by Crippen LogP contribution is 2.24. The van der Waals surface area contributed by atoms with Crippen molar-refractivity contribution in [2.45, 2.75) is 17.4 Å². The molecule has 0 saturated carbocycles. The number of thiophene rings is 1. The Morgan fingerprint density at radius 3 is 2.41 bits per heavy atom. The van der Waals surface area contributed by atoms with E-state index in [9.17, 15) is 13.2 Å². The quantitative estimate of drug-likeness (QED) is 0.593. The molecule has 0 atom stereocenters. The van der Waals surface area contributed by atoms with E-state index >= 15 is 0 Å². The summed E-state index contributed by atoms with van der Waals surface area (Å²) in [7, 11) is -0.483. The average Bonchev–Trinajstić information content (AvgIpc) is 3.21. The zero-order chi connectivity index (χ0) is 20.9. The van der Waals surface area contributed by atoms with Gasteiger partial charge in [0.15, 0.2) is 0 Å². The Kier molecular flexibility index (Phi) is 6.68. The summed E-state index contributed by atoms with van der Waals surface area (Å²) in [4.78, 5) is 13.4. The molecule has 0 bridgehead atoms. The molecule has 0 fully saturated rings. The predicted octanol–water partition coefficient (Wildman–Crippen LogP) is 3.51. The molecule has 1 N–H and O–H groups in total. The van der Waals surface area contributed by atoms with Gasteiger partial charge in [0, 0.05) is 30.1 Å². The molecular weight excluding hydrogens is 408 g/mol. The molecule has 1 amide bonds. The molecule has 29 heavy (non-hydrogen) atoms. The summed E-state index contributed by atoms with van der Waals surface area (Å²) in [5, 5.41) is 2.86. The Labute approximate surface area is 174 Å². The van der Waals surface area contributed by atoms with E-state index in [0.29, 0.717) is 5.56 Å². The van der Waals surface area contributed by atoms with E-state index in [1.165, 1.54) is 18.4 Å². The van der Waals surface area contributed by atoms with Crippen molar-refractivity contribution in [1.82, 2.24) is 9.62 Å². The van der Waals surface area contributed by atoms with E-state index in [0.717, 1.165) is 27.5 Å². The predicted molar refractivity (Wildman–Crippen MR) is 114 cm³/mol. The fourth-order valence-corrected chi connectivity index (χ4v) is 5.04. The van der Waals surface area contributed by atoms with Crippen molar-refractivity contribution in [3.05, 3.63) is 82.7 Å². The average molecular weight is 431 g/mol. The van der Waals surface area contributed by atoms with E-state index in [4.69, 9.17) is 4.74 Å². The third kappa shape index (κ3) is 5.23. The number of carbonyl (C=O) groups is 1. The SMILES string of the molecule is CN(C)S(=O)(=O)c1ccc(CNC(=O)c2ccccc2COc2ccccc2)s1. The van der Waals surface area contributed by atoms with Crippen molar-refractivity contribution < 1.29 is 17.9 Å². The van der Waals surface area contributed by atoms with Crippen LogP contribution in [0.3, 0.4) is 0 Å². The van der Waals surface area contributed by atoms with Crippen LogP contribution in [0.5, 0.6) is 5.75 Å². The molecule has 3 rings (SSSR count). The standard InChI is InChI=1S/C21H22N2O4S2/c1-23(2)29(25,26)20-13-12-18(28-20)14-22-21(24)19-11-7-6-8-16(19)15-27-17-9-4-3-5-10-17/h3-13H,14-15H2,1-2H3,(H,22,24). The second kappa shape index (κ2) is 9.21. The van der Waals surface area contributed by atoms with Crippen molar-refractivity contribution in [1.29, 1.82) is 0 Å².